The van der Waals surface area contributed by atoms with Gasteiger partial charge >= 0.3 is 6.18 Å². The summed E-state index contributed by atoms with van der Waals surface area (Å²) >= 11 is 6.07. The fraction of sp³-hybridized carbons (Fsp3) is 0.538. The summed E-state index contributed by atoms with van der Waals surface area (Å²) in [6.45, 7) is 0.201. The van der Waals surface area contributed by atoms with Gasteiger partial charge in [0.2, 0.25) is 0 Å². The molecule has 106 valence electrons. The first-order valence-corrected chi connectivity index (χ1v) is 6.51. The number of nitrogens with zero attached hydrogens (tertiary/aromatic N) is 1. The quantitative estimate of drug-likeness (QED) is 0.900. The first-order chi connectivity index (χ1) is 8.93. The van der Waals surface area contributed by atoms with Gasteiger partial charge in [0.05, 0.1) is 23.2 Å². The van der Waals surface area contributed by atoms with Crippen LogP contribution in [-0.2, 0) is 6.61 Å². The second kappa shape index (κ2) is 5.59. The van der Waals surface area contributed by atoms with Gasteiger partial charge in [-0.15, -0.1) is 0 Å². The van der Waals surface area contributed by atoms with E-state index >= 15 is 0 Å². The van der Waals surface area contributed by atoms with Crippen LogP contribution in [0.2, 0.25) is 5.02 Å². The molecule has 0 aliphatic carbocycles. The summed E-state index contributed by atoms with van der Waals surface area (Å²) in [6.07, 6.45) is -3.56. The van der Waals surface area contributed by atoms with Crippen molar-refractivity contribution in [2.45, 2.75) is 25.6 Å². The molecule has 1 unspecified atom stereocenters. The Bertz CT molecular complexity index is 450. The van der Waals surface area contributed by atoms with E-state index in [-0.39, 0.29) is 19.6 Å². The van der Waals surface area contributed by atoms with E-state index in [0.717, 1.165) is 0 Å². The fourth-order valence-electron chi connectivity index (χ4n) is 2.49. The average molecular weight is 294 g/mol. The third-order valence-electron chi connectivity index (χ3n) is 3.44. The molecule has 0 amide bonds. The summed E-state index contributed by atoms with van der Waals surface area (Å²) in [5.41, 5.74) is 1.09. The summed E-state index contributed by atoms with van der Waals surface area (Å²) < 4.78 is 38.4. The smallest absolute Gasteiger partial charge is 0.392 e. The minimum absolute atomic E-state index is 0.0970. The predicted octanol–water partition coefficient (Wildman–Crippen LogP) is 3.61. The Balaban J connectivity index is 2.27. The largest absolute Gasteiger partial charge is 0.393 e. The molecule has 2 rings (SSSR count). The highest BCUT2D eigenvalue weighted by atomic mass is 35.5. The molecule has 1 saturated heterocycles. The minimum Gasteiger partial charge on any atom is -0.392 e. The van der Waals surface area contributed by atoms with E-state index in [2.05, 4.69) is 0 Å². The van der Waals surface area contributed by atoms with Gasteiger partial charge in [-0.3, -0.25) is 0 Å². The summed E-state index contributed by atoms with van der Waals surface area (Å²) in [5, 5.41) is 9.68. The third-order valence-corrected chi connectivity index (χ3v) is 3.75. The lowest BCUT2D eigenvalue weighted by atomic mass is 9.96. The molecule has 0 aromatic heterocycles. The zero-order valence-electron chi connectivity index (χ0n) is 10.3. The first kappa shape index (κ1) is 14.5. The molecule has 1 heterocycles. The van der Waals surface area contributed by atoms with Crippen LogP contribution in [0, 0.1) is 5.92 Å². The van der Waals surface area contributed by atoms with Gasteiger partial charge in [-0.25, -0.2) is 0 Å². The lowest BCUT2D eigenvalue weighted by molar-refractivity contribution is -0.176. The van der Waals surface area contributed by atoms with Crippen molar-refractivity contribution < 1.29 is 18.3 Å². The number of para-hydroxylation sites is 1. The first-order valence-electron chi connectivity index (χ1n) is 6.13. The zero-order valence-corrected chi connectivity index (χ0v) is 11.0. The highest BCUT2D eigenvalue weighted by Crippen LogP contribution is 2.38. The topological polar surface area (TPSA) is 23.5 Å². The maximum Gasteiger partial charge on any atom is 0.393 e. The number of alkyl halides is 3. The van der Waals surface area contributed by atoms with Crippen LogP contribution in [0.5, 0.6) is 0 Å². The lowest BCUT2D eigenvalue weighted by Gasteiger charge is -2.36. The van der Waals surface area contributed by atoms with E-state index in [1.54, 1.807) is 23.1 Å². The Morgan fingerprint density at radius 2 is 2.11 bits per heavy atom. The van der Waals surface area contributed by atoms with Crippen LogP contribution in [0.3, 0.4) is 0 Å². The van der Waals surface area contributed by atoms with E-state index in [1.165, 1.54) is 0 Å². The van der Waals surface area contributed by atoms with Gasteiger partial charge in [0.25, 0.3) is 0 Å². The van der Waals surface area contributed by atoms with Gasteiger partial charge in [-0.05, 0) is 18.9 Å². The van der Waals surface area contributed by atoms with Gasteiger partial charge in [-0.2, -0.15) is 13.2 Å². The molecule has 1 aliphatic rings. The second-order valence-corrected chi connectivity index (χ2v) is 5.14. The van der Waals surface area contributed by atoms with Gasteiger partial charge < -0.3 is 10.0 Å². The Labute approximate surface area is 114 Å². The van der Waals surface area contributed by atoms with Gasteiger partial charge in [0.15, 0.2) is 0 Å². The Hall–Kier alpha value is -0.940. The van der Waals surface area contributed by atoms with Crippen LogP contribution < -0.4 is 4.90 Å². The second-order valence-electron chi connectivity index (χ2n) is 4.73. The number of benzene rings is 1. The van der Waals surface area contributed by atoms with Crippen molar-refractivity contribution in [1.82, 2.24) is 0 Å². The van der Waals surface area contributed by atoms with Crippen LogP contribution in [0.25, 0.3) is 0 Å². The zero-order chi connectivity index (χ0) is 14.0. The van der Waals surface area contributed by atoms with Crippen LogP contribution in [0.15, 0.2) is 18.2 Å². The van der Waals surface area contributed by atoms with Crippen molar-refractivity contribution in [3.05, 3.63) is 28.8 Å². The average Bonchev–Trinajstić information content (AvgIpc) is 2.37. The molecule has 1 atom stereocenters. The molecular weight excluding hydrogens is 279 g/mol. The van der Waals surface area contributed by atoms with Crippen LogP contribution in [0.4, 0.5) is 18.9 Å². The van der Waals surface area contributed by atoms with E-state index in [0.29, 0.717) is 29.2 Å². The molecule has 0 radical (unpaired) electrons. The van der Waals surface area contributed by atoms with Crippen molar-refractivity contribution in [3.63, 3.8) is 0 Å². The van der Waals surface area contributed by atoms with Crippen molar-refractivity contribution in [2.24, 2.45) is 5.92 Å². The number of halogens is 4. The molecule has 6 heteroatoms. The van der Waals surface area contributed by atoms with Crippen LogP contribution >= 0.6 is 11.6 Å². The third kappa shape index (κ3) is 3.15. The monoisotopic (exact) mass is 293 g/mol. The molecule has 0 bridgehead atoms. The number of rotatable bonds is 2. The minimum atomic E-state index is -4.18. The Morgan fingerprint density at radius 1 is 1.37 bits per heavy atom. The summed E-state index contributed by atoms with van der Waals surface area (Å²) in [5.74, 6) is -1.33. The SMILES string of the molecule is OCc1cccc(Cl)c1N1CCCC(C(F)(F)F)C1. The molecule has 1 N–H and O–H groups in total. The normalized spacial score (nSPS) is 20.7. The Morgan fingerprint density at radius 3 is 2.74 bits per heavy atom. The molecule has 1 fully saturated rings. The lowest BCUT2D eigenvalue weighted by Crippen LogP contribution is -2.42. The van der Waals surface area contributed by atoms with Crippen molar-refractivity contribution in [1.29, 1.82) is 0 Å². The molecule has 0 saturated carbocycles. The molecule has 2 nitrogen and oxygen atoms in total. The molecule has 0 spiro atoms. The van der Waals surface area contributed by atoms with Gasteiger partial charge in [-0.1, -0.05) is 23.7 Å². The number of aliphatic hydroxyl groups excluding tert-OH is 1. The molecule has 1 aromatic carbocycles. The summed E-state index contributed by atoms with van der Waals surface area (Å²) in [6, 6.07) is 4.99. The maximum atomic E-state index is 12.8. The van der Waals surface area contributed by atoms with E-state index in [1.807, 2.05) is 0 Å². The molecule has 1 aliphatic heterocycles. The van der Waals surface area contributed by atoms with Crippen molar-refractivity contribution in [2.75, 3.05) is 18.0 Å². The van der Waals surface area contributed by atoms with Crippen LogP contribution in [0.1, 0.15) is 18.4 Å². The number of aliphatic hydroxyl groups is 1. The van der Waals surface area contributed by atoms with E-state index in [9.17, 15) is 18.3 Å². The summed E-state index contributed by atoms with van der Waals surface area (Å²) in [4.78, 5) is 1.63. The highest BCUT2D eigenvalue weighted by molar-refractivity contribution is 6.33. The van der Waals surface area contributed by atoms with Crippen molar-refractivity contribution in [3.8, 4) is 0 Å². The standard InChI is InChI=1S/C13H15ClF3NO/c14-11-5-1-3-9(8-19)12(11)18-6-2-4-10(7-18)13(15,16)17/h1,3,5,10,19H,2,4,6-8H2. The Kier molecular flexibility index (Phi) is 4.26. The number of hydrogen-bond acceptors (Lipinski definition) is 2. The van der Waals surface area contributed by atoms with Gasteiger partial charge in [0.1, 0.15) is 0 Å². The van der Waals surface area contributed by atoms with Gasteiger partial charge in [0, 0.05) is 18.7 Å². The summed E-state index contributed by atoms with van der Waals surface area (Å²) in [7, 11) is 0. The van der Waals surface area contributed by atoms with E-state index < -0.39 is 12.1 Å². The molecule has 19 heavy (non-hydrogen) atoms. The maximum absolute atomic E-state index is 12.8. The number of piperidine rings is 1. The highest BCUT2D eigenvalue weighted by Gasteiger charge is 2.42. The van der Waals surface area contributed by atoms with E-state index in [4.69, 9.17) is 11.6 Å². The molecule has 1 aromatic rings. The fourth-order valence-corrected chi connectivity index (χ4v) is 2.80. The van der Waals surface area contributed by atoms with Crippen molar-refractivity contribution >= 4 is 17.3 Å². The number of hydrogen-bond donors (Lipinski definition) is 1. The number of anilines is 1. The molecular formula is C13H15ClF3NO. The van der Waals surface area contributed by atoms with Crippen LogP contribution in [-0.4, -0.2) is 24.4 Å². The predicted molar refractivity (Wildman–Crippen MR) is 68.4 cm³/mol.